The van der Waals surface area contributed by atoms with Gasteiger partial charge in [0.15, 0.2) is 0 Å². The predicted molar refractivity (Wildman–Crippen MR) is 89.9 cm³/mol. The molecule has 25 heavy (non-hydrogen) atoms. The zero-order valence-electron chi connectivity index (χ0n) is 14.3. The van der Waals surface area contributed by atoms with Crippen LogP contribution < -0.4 is 0 Å². The van der Waals surface area contributed by atoms with Crippen LogP contribution in [0.1, 0.15) is 30.3 Å². The first-order valence-corrected chi connectivity index (χ1v) is 8.85. The smallest absolute Gasteiger partial charge is 0.130 e. The molecular formula is C19H23F2N3O. The number of halogens is 2. The van der Waals surface area contributed by atoms with Crippen molar-refractivity contribution >= 4 is 0 Å². The Bertz CT molecular complexity index is 763. The van der Waals surface area contributed by atoms with Gasteiger partial charge >= 0.3 is 0 Å². The molecule has 2 fully saturated rings. The fraction of sp³-hybridized carbons (Fsp3) is 0.526. The Balaban J connectivity index is 1.45. The topological polar surface area (TPSA) is 41.3 Å². The van der Waals surface area contributed by atoms with Crippen molar-refractivity contribution in [2.75, 3.05) is 13.1 Å². The summed E-state index contributed by atoms with van der Waals surface area (Å²) in [5.74, 6) is 0.808. The number of fused-ring (bicyclic) bond motifs is 1. The van der Waals surface area contributed by atoms with Gasteiger partial charge in [-0.25, -0.2) is 13.8 Å². The predicted octanol–water partition coefficient (Wildman–Crippen LogP) is 2.91. The van der Waals surface area contributed by atoms with Gasteiger partial charge in [0.2, 0.25) is 0 Å². The molecule has 1 aliphatic heterocycles. The summed E-state index contributed by atoms with van der Waals surface area (Å²) < 4.78 is 29.1. The number of aryl methyl sites for hydroxylation is 1. The molecule has 134 valence electrons. The Morgan fingerprint density at radius 1 is 1.20 bits per heavy atom. The molecule has 4 rings (SSSR count). The summed E-state index contributed by atoms with van der Waals surface area (Å²) >= 11 is 0. The zero-order chi connectivity index (χ0) is 17.6. The number of benzene rings is 1. The van der Waals surface area contributed by atoms with Crippen LogP contribution in [0.25, 0.3) is 0 Å². The van der Waals surface area contributed by atoms with Crippen LogP contribution >= 0.6 is 0 Å². The Kier molecular flexibility index (Phi) is 4.33. The average Bonchev–Trinajstić information content (AvgIpc) is 3.14. The van der Waals surface area contributed by atoms with E-state index in [0.29, 0.717) is 23.9 Å². The minimum Gasteiger partial charge on any atom is -0.391 e. The number of likely N-dealkylation sites (tertiary alicyclic amines) is 1. The van der Waals surface area contributed by atoms with E-state index in [1.807, 2.05) is 13.1 Å². The normalized spacial score (nSPS) is 29.8. The second-order valence-corrected chi connectivity index (χ2v) is 7.44. The number of aromatic nitrogens is 2. The highest BCUT2D eigenvalue weighted by molar-refractivity contribution is 5.18. The molecule has 1 aromatic carbocycles. The van der Waals surface area contributed by atoms with Crippen molar-refractivity contribution in [3.8, 4) is 0 Å². The minimum atomic E-state index is -0.544. The van der Waals surface area contributed by atoms with Crippen LogP contribution in [0.4, 0.5) is 8.78 Å². The van der Waals surface area contributed by atoms with Gasteiger partial charge in [-0.3, -0.25) is 4.90 Å². The number of hydrogen-bond donors (Lipinski definition) is 1. The van der Waals surface area contributed by atoms with Crippen molar-refractivity contribution in [1.82, 2.24) is 14.5 Å². The summed E-state index contributed by atoms with van der Waals surface area (Å²) in [6.45, 7) is 4.19. The first-order chi connectivity index (χ1) is 12.0. The zero-order valence-corrected chi connectivity index (χ0v) is 14.3. The molecule has 0 amide bonds. The Morgan fingerprint density at radius 3 is 2.64 bits per heavy atom. The molecular weight excluding hydrogens is 324 g/mol. The number of aliphatic hydroxyl groups excluding tert-OH is 1. The van der Waals surface area contributed by atoms with Crippen LogP contribution in [0.15, 0.2) is 30.6 Å². The van der Waals surface area contributed by atoms with E-state index in [0.717, 1.165) is 37.8 Å². The molecule has 0 bridgehead atoms. The summed E-state index contributed by atoms with van der Waals surface area (Å²) in [5, 5.41) is 10.6. The number of hydrogen-bond acceptors (Lipinski definition) is 3. The number of rotatable bonds is 3. The molecule has 4 nitrogen and oxygen atoms in total. The quantitative estimate of drug-likeness (QED) is 0.928. The molecule has 1 saturated heterocycles. The van der Waals surface area contributed by atoms with Gasteiger partial charge in [-0.1, -0.05) is 6.07 Å². The van der Waals surface area contributed by atoms with Crippen molar-refractivity contribution in [3.63, 3.8) is 0 Å². The maximum absolute atomic E-state index is 13.9. The second-order valence-electron chi connectivity index (χ2n) is 7.44. The standard InChI is InChI=1S/C19H23F2N3O/c1-12-22-4-5-24(12)18-6-14-10-23(11-15(14)7-19(18)25)9-13-2-3-16(20)8-17(13)21/h2-5,8,14-15,18-19,25H,6-7,9-11H2,1H3/t14-,15+,18-,19-/m0/s1. The monoisotopic (exact) mass is 347 g/mol. The maximum atomic E-state index is 13.9. The molecule has 1 aromatic heterocycles. The molecule has 2 aromatic rings. The maximum Gasteiger partial charge on any atom is 0.130 e. The van der Waals surface area contributed by atoms with Gasteiger partial charge in [0.05, 0.1) is 12.1 Å². The van der Waals surface area contributed by atoms with Crippen LogP contribution in [0.3, 0.4) is 0 Å². The van der Waals surface area contributed by atoms with Gasteiger partial charge in [0, 0.05) is 43.7 Å². The third-order valence-corrected chi connectivity index (χ3v) is 5.81. The molecule has 0 spiro atoms. The van der Waals surface area contributed by atoms with Crippen LogP contribution in [0.5, 0.6) is 0 Å². The lowest BCUT2D eigenvalue weighted by Gasteiger charge is -2.36. The summed E-state index contributed by atoms with van der Waals surface area (Å²) in [6.07, 6.45) is 4.99. The molecule has 1 aliphatic carbocycles. The number of imidazole rings is 1. The van der Waals surface area contributed by atoms with E-state index < -0.39 is 11.6 Å². The average molecular weight is 347 g/mol. The summed E-state index contributed by atoms with van der Waals surface area (Å²) in [6, 6.07) is 3.84. The van der Waals surface area contributed by atoms with Gasteiger partial charge in [-0.05, 0) is 37.7 Å². The van der Waals surface area contributed by atoms with Gasteiger partial charge in [0.1, 0.15) is 17.5 Å². The van der Waals surface area contributed by atoms with E-state index in [2.05, 4.69) is 14.5 Å². The summed E-state index contributed by atoms with van der Waals surface area (Å²) in [5.41, 5.74) is 0.530. The fourth-order valence-electron chi connectivity index (χ4n) is 4.56. The van der Waals surface area contributed by atoms with Crippen LogP contribution in [-0.2, 0) is 6.54 Å². The fourth-order valence-corrected chi connectivity index (χ4v) is 4.56. The third-order valence-electron chi connectivity index (χ3n) is 5.81. The molecule has 2 heterocycles. The molecule has 2 aliphatic rings. The van der Waals surface area contributed by atoms with Gasteiger partial charge < -0.3 is 9.67 Å². The van der Waals surface area contributed by atoms with Gasteiger partial charge in [0.25, 0.3) is 0 Å². The first-order valence-electron chi connectivity index (χ1n) is 8.85. The third kappa shape index (κ3) is 3.20. The molecule has 0 unspecified atom stereocenters. The lowest BCUT2D eigenvalue weighted by atomic mass is 9.77. The van der Waals surface area contributed by atoms with E-state index in [9.17, 15) is 13.9 Å². The lowest BCUT2D eigenvalue weighted by molar-refractivity contribution is 0.0349. The van der Waals surface area contributed by atoms with Crippen molar-refractivity contribution in [2.24, 2.45) is 11.8 Å². The summed E-state index contributed by atoms with van der Waals surface area (Å²) in [7, 11) is 0. The first kappa shape index (κ1) is 16.7. The highest BCUT2D eigenvalue weighted by Crippen LogP contribution is 2.42. The van der Waals surface area contributed by atoms with Crippen molar-refractivity contribution in [2.45, 2.75) is 38.5 Å². The van der Waals surface area contributed by atoms with Crippen molar-refractivity contribution < 1.29 is 13.9 Å². The highest BCUT2D eigenvalue weighted by Gasteiger charge is 2.42. The van der Waals surface area contributed by atoms with E-state index >= 15 is 0 Å². The molecule has 1 saturated carbocycles. The van der Waals surface area contributed by atoms with Crippen LogP contribution in [0.2, 0.25) is 0 Å². The van der Waals surface area contributed by atoms with E-state index in [-0.39, 0.29) is 12.1 Å². The van der Waals surface area contributed by atoms with Crippen LogP contribution in [0, 0.1) is 30.4 Å². The van der Waals surface area contributed by atoms with Gasteiger partial charge in [-0.2, -0.15) is 0 Å². The van der Waals surface area contributed by atoms with Crippen molar-refractivity contribution in [3.05, 3.63) is 53.6 Å². The minimum absolute atomic E-state index is 0.0613. The summed E-state index contributed by atoms with van der Waals surface area (Å²) in [4.78, 5) is 6.49. The Morgan fingerprint density at radius 2 is 1.96 bits per heavy atom. The van der Waals surface area contributed by atoms with Crippen molar-refractivity contribution in [1.29, 1.82) is 0 Å². The van der Waals surface area contributed by atoms with E-state index in [4.69, 9.17) is 0 Å². The molecule has 1 N–H and O–H groups in total. The molecule has 6 heteroatoms. The number of aliphatic hydroxyl groups is 1. The molecule has 0 radical (unpaired) electrons. The highest BCUT2D eigenvalue weighted by atomic mass is 19.1. The van der Waals surface area contributed by atoms with E-state index in [1.165, 1.54) is 12.1 Å². The SMILES string of the molecule is Cc1nccn1[C@H]1C[C@H]2CN(Cc3ccc(F)cc3F)C[C@H]2C[C@@H]1O. The van der Waals surface area contributed by atoms with Crippen LogP contribution in [-0.4, -0.2) is 38.8 Å². The Hall–Kier alpha value is -1.79. The van der Waals surface area contributed by atoms with Gasteiger partial charge in [-0.15, -0.1) is 0 Å². The Labute approximate surface area is 146 Å². The largest absolute Gasteiger partial charge is 0.391 e. The molecule has 4 atom stereocenters. The lowest BCUT2D eigenvalue weighted by Crippen LogP contribution is -2.36. The van der Waals surface area contributed by atoms with E-state index in [1.54, 1.807) is 6.20 Å². The second kappa shape index (κ2) is 6.50. The number of nitrogens with zero attached hydrogens (tertiary/aromatic N) is 3.